The Bertz CT molecular complexity index is 738. The number of aromatic carboxylic acids is 3. The van der Waals surface area contributed by atoms with Crippen molar-refractivity contribution in [1.82, 2.24) is 0 Å². The Morgan fingerprint density at radius 1 is 0.613 bits per heavy atom. The highest BCUT2D eigenvalue weighted by atomic mass is 16.4. The van der Waals surface area contributed by atoms with E-state index >= 15 is 0 Å². The van der Waals surface area contributed by atoms with Crippen molar-refractivity contribution < 1.29 is 29.7 Å². The first-order valence-corrected chi connectivity index (χ1v) is 11.7. The summed E-state index contributed by atoms with van der Waals surface area (Å²) in [7, 11) is 0. The summed E-state index contributed by atoms with van der Waals surface area (Å²) in [4.78, 5) is 35.8. The van der Waals surface area contributed by atoms with Crippen LogP contribution >= 0.6 is 0 Å². The van der Waals surface area contributed by atoms with Gasteiger partial charge in [0.15, 0.2) is 0 Å². The number of aryl methyl sites for hydroxylation is 1. The quantitative estimate of drug-likeness (QED) is 0.239. The maximum absolute atomic E-state index is 12.1. The zero-order valence-electron chi connectivity index (χ0n) is 19.0. The fourth-order valence-corrected chi connectivity index (χ4v) is 4.10. The Labute approximate surface area is 185 Å². The third-order valence-electron chi connectivity index (χ3n) is 5.75. The molecule has 0 saturated carbocycles. The van der Waals surface area contributed by atoms with Gasteiger partial charge in [0.2, 0.25) is 0 Å². The fourth-order valence-electron chi connectivity index (χ4n) is 4.10. The molecule has 174 valence electrons. The summed E-state index contributed by atoms with van der Waals surface area (Å²) in [5, 5.41) is 29.2. The maximum Gasteiger partial charge on any atom is 0.336 e. The highest BCUT2D eigenvalue weighted by molar-refractivity contribution is 6.06. The third kappa shape index (κ3) is 8.72. The van der Waals surface area contributed by atoms with E-state index in [0.29, 0.717) is 18.4 Å². The first-order chi connectivity index (χ1) is 14.8. The summed E-state index contributed by atoms with van der Waals surface area (Å²) < 4.78 is 0. The third-order valence-corrected chi connectivity index (χ3v) is 5.75. The first-order valence-electron chi connectivity index (χ1n) is 11.7. The highest BCUT2D eigenvalue weighted by Gasteiger charge is 2.28. The zero-order chi connectivity index (χ0) is 23.2. The van der Waals surface area contributed by atoms with E-state index in [1.807, 2.05) is 0 Å². The molecule has 6 nitrogen and oxygen atoms in total. The molecule has 3 N–H and O–H groups in total. The zero-order valence-corrected chi connectivity index (χ0v) is 19.0. The molecule has 0 aliphatic rings. The molecule has 0 heterocycles. The molecule has 0 fully saturated rings. The van der Waals surface area contributed by atoms with Gasteiger partial charge in [-0.05, 0) is 42.9 Å². The molecule has 1 aromatic carbocycles. The molecular formula is C25H38O6. The molecule has 0 aliphatic carbocycles. The summed E-state index contributed by atoms with van der Waals surface area (Å²) in [5.41, 5.74) is -0.0881. The summed E-state index contributed by atoms with van der Waals surface area (Å²) in [6, 6.07) is 1.27. The molecule has 0 saturated heterocycles. The van der Waals surface area contributed by atoms with E-state index in [2.05, 4.69) is 13.8 Å². The molecule has 0 radical (unpaired) electrons. The predicted molar refractivity (Wildman–Crippen MR) is 121 cm³/mol. The number of hydrogen-bond acceptors (Lipinski definition) is 3. The first kappa shape index (κ1) is 26.7. The molecule has 6 heteroatoms. The van der Waals surface area contributed by atoms with Gasteiger partial charge in [-0.1, -0.05) is 78.1 Å². The van der Waals surface area contributed by atoms with E-state index in [1.54, 1.807) is 0 Å². The molecule has 0 aliphatic heterocycles. The van der Waals surface area contributed by atoms with Crippen molar-refractivity contribution in [2.45, 2.75) is 104 Å². The molecule has 0 spiro atoms. The minimum atomic E-state index is -1.38. The van der Waals surface area contributed by atoms with E-state index < -0.39 is 17.9 Å². The van der Waals surface area contributed by atoms with Crippen molar-refractivity contribution in [3.63, 3.8) is 0 Å². The second kappa shape index (κ2) is 14.6. The number of hydrogen-bond donors (Lipinski definition) is 3. The van der Waals surface area contributed by atoms with Crippen LogP contribution in [-0.2, 0) is 12.8 Å². The largest absolute Gasteiger partial charge is 0.478 e. The average molecular weight is 435 g/mol. The molecule has 1 aromatic rings. The van der Waals surface area contributed by atoms with Crippen LogP contribution in [0.3, 0.4) is 0 Å². The molecule has 1 rings (SSSR count). The van der Waals surface area contributed by atoms with E-state index in [1.165, 1.54) is 12.5 Å². The topological polar surface area (TPSA) is 112 Å². The van der Waals surface area contributed by atoms with Crippen LogP contribution in [0.25, 0.3) is 0 Å². The second-order valence-corrected chi connectivity index (χ2v) is 8.26. The lowest BCUT2D eigenvalue weighted by Gasteiger charge is -2.17. The Kier molecular flexibility index (Phi) is 12.6. The van der Waals surface area contributed by atoms with Crippen molar-refractivity contribution in [3.05, 3.63) is 33.9 Å². The lowest BCUT2D eigenvalue weighted by molar-refractivity contribution is 0.0647. The molecule has 0 aromatic heterocycles. The van der Waals surface area contributed by atoms with Crippen molar-refractivity contribution in [2.75, 3.05) is 0 Å². The number of rotatable bonds is 17. The summed E-state index contributed by atoms with van der Waals surface area (Å²) >= 11 is 0. The van der Waals surface area contributed by atoms with Crippen LogP contribution in [0.15, 0.2) is 6.07 Å². The van der Waals surface area contributed by atoms with Gasteiger partial charge in [0, 0.05) is 0 Å². The van der Waals surface area contributed by atoms with Crippen molar-refractivity contribution in [3.8, 4) is 0 Å². The number of carbonyl (C=O) groups is 3. The molecule has 0 bridgehead atoms. The van der Waals surface area contributed by atoms with Crippen molar-refractivity contribution >= 4 is 17.9 Å². The molecule has 31 heavy (non-hydrogen) atoms. The van der Waals surface area contributed by atoms with E-state index in [9.17, 15) is 29.7 Å². The summed E-state index contributed by atoms with van der Waals surface area (Å²) in [6.07, 6.45) is 12.8. The standard InChI is InChI=1S/C25H38O6/c1-3-5-7-9-10-12-14-16-19-21(24(28)29)18(15-13-11-8-6-4-2)17-20(23(26)27)22(19)25(30)31/h17H,3-16H2,1-2H3,(H,26,27)(H,28,29)(H,30,31). The smallest absolute Gasteiger partial charge is 0.336 e. The number of carboxylic acid groups (broad SMARTS) is 3. The number of carboxylic acids is 3. The van der Waals surface area contributed by atoms with Crippen molar-refractivity contribution in [1.29, 1.82) is 0 Å². The van der Waals surface area contributed by atoms with E-state index in [4.69, 9.17) is 0 Å². The van der Waals surface area contributed by atoms with Gasteiger partial charge in [0.25, 0.3) is 0 Å². The number of unbranched alkanes of at least 4 members (excludes halogenated alkanes) is 10. The molecule has 0 unspecified atom stereocenters. The van der Waals surface area contributed by atoms with E-state index in [-0.39, 0.29) is 28.7 Å². The van der Waals surface area contributed by atoms with Crippen LogP contribution in [-0.4, -0.2) is 33.2 Å². The van der Waals surface area contributed by atoms with Crippen molar-refractivity contribution in [2.24, 2.45) is 0 Å². The van der Waals surface area contributed by atoms with Crippen LogP contribution < -0.4 is 0 Å². The van der Waals surface area contributed by atoms with Crippen LogP contribution in [0.4, 0.5) is 0 Å². The highest BCUT2D eigenvalue weighted by Crippen LogP contribution is 2.28. The Hall–Kier alpha value is -2.37. The average Bonchev–Trinajstić information content (AvgIpc) is 2.71. The van der Waals surface area contributed by atoms with Gasteiger partial charge in [0.05, 0.1) is 16.7 Å². The Balaban J connectivity index is 3.17. The lowest BCUT2D eigenvalue weighted by Crippen LogP contribution is -2.18. The van der Waals surface area contributed by atoms with Crippen LogP contribution in [0.1, 0.15) is 133 Å². The molecule has 0 amide bonds. The second-order valence-electron chi connectivity index (χ2n) is 8.26. The van der Waals surface area contributed by atoms with Gasteiger partial charge in [-0.2, -0.15) is 0 Å². The minimum Gasteiger partial charge on any atom is -0.478 e. The molecular weight excluding hydrogens is 396 g/mol. The van der Waals surface area contributed by atoms with Gasteiger partial charge in [0.1, 0.15) is 0 Å². The SMILES string of the molecule is CCCCCCCCCc1c(C(=O)O)c(CCCCCCC)cc(C(=O)O)c1C(=O)O. The summed E-state index contributed by atoms with van der Waals surface area (Å²) in [6.45, 7) is 4.26. The fraction of sp³-hybridized carbons (Fsp3) is 0.640. The normalized spacial score (nSPS) is 10.9. The van der Waals surface area contributed by atoms with Crippen LogP contribution in [0.2, 0.25) is 0 Å². The van der Waals surface area contributed by atoms with Gasteiger partial charge < -0.3 is 15.3 Å². The monoisotopic (exact) mass is 434 g/mol. The van der Waals surface area contributed by atoms with Crippen LogP contribution in [0.5, 0.6) is 0 Å². The van der Waals surface area contributed by atoms with E-state index in [0.717, 1.165) is 64.2 Å². The Morgan fingerprint density at radius 3 is 1.52 bits per heavy atom. The maximum atomic E-state index is 12.1. The van der Waals surface area contributed by atoms with Crippen LogP contribution in [0, 0.1) is 0 Å². The van der Waals surface area contributed by atoms with Gasteiger partial charge in [-0.25, -0.2) is 14.4 Å². The minimum absolute atomic E-state index is 0.0103. The van der Waals surface area contributed by atoms with Gasteiger partial charge >= 0.3 is 17.9 Å². The molecule has 0 atom stereocenters. The lowest BCUT2D eigenvalue weighted by atomic mass is 9.86. The van der Waals surface area contributed by atoms with Gasteiger partial charge in [-0.3, -0.25) is 0 Å². The number of benzene rings is 1. The summed E-state index contributed by atoms with van der Waals surface area (Å²) in [5.74, 6) is -3.89. The van der Waals surface area contributed by atoms with Gasteiger partial charge in [-0.15, -0.1) is 0 Å². The predicted octanol–water partition coefficient (Wildman–Crippen LogP) is 6.59. The Morgan fingerprint density at radius 2 is 1.06 bits per heavy atom.